The van der Waals surface area contributed by atoms with Gasteiger partial charge in [0.15, 0.2) is 5.13 Å². The third-order valence-electron chi connectivity index (χ3n) is 4.74. The molecule has 0 atom stereocenters. The van der Waals surface area contributed by atoms with Crippen LogP contribution in [0.25, 0.3) is 0 Å². The van der Waals surface area contributed by atoms with Gasteiger partial charge >= 0.3 is 0 Å². The number of amides is 1. The Bertz CT molecular complexity index is 919. The minimum Gasteiger partial charge on any atom is -0.339 e. The minimum absolute atomic E-state index is 0.0593. The molecule has 1 saturated heterocycles. The van der Waals surface area contributed by atoms with Gasteiger partial charge in [-0.3, -0.25) is 9.78 Å². The molecule has 6 nitrogen and oxygen atoms in total. The van der Waals surface area contributed by atoms with Gasteiger partial charge < -0.3 is 10.2 Å². The highest BCUT2D eigenvalue weighted by Gasteiger charge is 2.25. The predicted molar refractivity (Wildman–Crippen MR) is 106 cm³/mol. The van der Waals surface area contributed by atoms with Gasteiger partial charge in [-0.2, -0.15) is 0 Å². The Morgan fingerprint density at radius 2 is 2.04 bits per heavy atom. The largest absolute Gasteiger partial charge is 0.339 e. The molecule has 27 heavy (non-hydrogen) atoms. The summed E-state index contributed by atoms with van der Waals surface area (Å²) in [6.45, 7) is 3.51. The molecule has 138 valence electrons. The van der Waals surface area contributed by atoms with E-state index in [1.54, 1.807) is 29.8 Å². The molecule has 7 heteroatoms. The Kier molecular flexibility index (Phi) is 5.11. The van der Waals surface area contributed by atoms with Crippen LogP contribution in [0.15, 0.2) is 48.9 Å². The van der Waals surface area contributed by atoms with Crippen LogP contribution in [0, 0.1) is 6.92 Å². The summed E-state index contributed by atoms with van der Waals surface area (Å²) in [5.41, 5.74) is 1.72. The lowest BCUT2D eigenvalue weighted by Crippen LogP contribution is -2.38. The van der Waals surface area contributed by atoms with Crippen molar-refractivity contribution in [3.8, 4) is 0 Å². The molecule has 0 unspecified atom stereocenters. The van der Waals surface area contributed by atoms with Crippen LogP contribution in [-0.4, -0.2) is 38.8 Å². The van der Waals surface area contributed by atoms with Crippen molar-refractivity contribution in [1.82, 2.24) is 19.9 Å². The second kappa shape index (κ2) is 7.84. The maximum Gasteiger partial charge on any atom is 0.255 e. The fourth-order valence-corrected chi connectivity index (χ4v) is 3.99. The minimum atomic E-state index is 0.0593. The van der Waals surface area contributed by atoms with Gasteiger partial charge in [0.1, 0.15) is 5.82 Å². The zero-order valence-corrected chi connectivity index (χ0v) is 15.9. The van der Waals surface area contributed by atoms with Crippen molar-refractivity contribution < 1.29 is 4.79 Å². The number of nitrogens with one attached hydrogen (secondary N) is 1. The van der Waals surface area contributed by atoms with Gasteiger partial charge in [-0.05, 0) is 44.0 Å². The molecule has 1 aliphatic rings. The van der Waals surface area contributed by atoms with Crippen LogP contribution in [0.3, 0.4) is 0 Å². The number of nitrogens with zero attached hydrogens (tertiary/aromatic N) is 4. The summed E-state index contributed by atoms with van der Waals surface area (Å²) in [5.74, 6) is 1.24. The number of likely N-dealkylation sites (tertiary alicyclic amines) is 1. The number of carbonyl (C=O) groups excluding carboxylic acids is 1. The van der Waals surface area contributed by atoms with Crippen LogP contribution in [0.4, 0.5) is 10.9 Å². The van der Waals surface area contributed by atoms with Gasteiger partial charge in [-0.25, -0.2) is 9.97 Å². The van der Waals surface area contributed by atoms with E-state index in [1.807, 2.05) is 36.2 Å². The lowest BCUT2D eigenvalue weighted by atomic mass is 9.92. The predicted octanol–water partition coefficient (Wildman–Crippen LogP) is 4.00. The second-order valence-corrected chi connectivity index (χ2v) is 7.89. The number of aryl methyl sites for hydroxylation is 1. The highest BCUT2D eigenvalue weighted by Crippen LogP contribution is 2.29. The molecule has 0 aromatic carbocycles. The van der Waals surface area contributed by atoms with Crippen molar-refractivity contribution in [2.75, 3.05) is 18.4 Å². The number of carbonyl (C=O) groups is 1. The topological polar surface area (TPSA) is 71.0 Å². The molecule has 0 radical (unpaired) electrons. The molecular weight excluding hydrogens is 358 g/mol. The normalized spacial score (nSPS) is 14.9. The molecule has 1 N–H and O–H groups in total. The molecule has 0 spiro atoms. The molecule has 0 aliphatic carbocycles. The Morgan fingerprint density at radius 1 is 1.19 bits per heavy atom. The number of rotatable bonds is 4. The third-order valence-corrected chi connectivity index (χ3v) is 5.56. The van der Waals surface area contributed by atoms with E-state index < -0.39 is 0 Å². The summed E-state index contributed by atoms with van der Waals surface area (Å²) in [6, 6.07) is 9.67. The number of hydrogen-bond acceptors (Lipinski definition) is 6. The van der Waals surface area contributed by atoms with Gasteiger partial charge in [-0.15, -0.1) is 11.3 Å². The summed E-state index contributed by atoms with van der Waals surface area (Å²) in [5, 5.41) is 4.13. The van der Waals surface area contributed by atoms with Crippen molar-refractivity contribution in [3.05, 3.63) is 65.1 Å². The van der Waals surface area contributed by atoms with Crippen LogP contribution in [0.1, 0.15) is 39.7 Å². The number of hydrogen-bond donors (Lipinski definition) is 1. The highest BCUT2D eigenvalue weighted by molar-refractivity contribution is 7.15. The summed E-state index contributed by atoms with van der Waals surface area (Å²) in [6.07, 6.45) is 7.00. The summed E-state index contributed by atoms with van der Waals surface area (Å²) in [7, 11) is 0. The monoisotopic (exact) mass is 379 g/mol. The Labute approximate surface area is 162 Å². The molecule has 0 bridgehead atoms. The fraction of sp³-hybridized carbons (Fsp3) is 0.300. The SMILES string of the molecule is Cc1cnc(Nc2cccc(C3CCN(C(=O)c4cccnc4)CC3)n2)s1. The Morgan fingerprint density at radius 3 is 2.74 bits per heavy atom. The fourth-order valence-electron chi connectivity index (χ4n) is 3.32. The van der Waals surface area contributed by atoms with Crippen molar-refractivity contribution in [2.45, 2.75) is 25.7 Å². The Hall–Kier alpha value is -2.80. The molecule has 0 saturated carbocycles. The van der Waals surface area contributed by atoms with Crippen LogP contribution in [0.2, 0.25) is 0 Å². The molecule has 4 heterocycles. The van der Waals surface area contributed by atoms with Crippen LogP contribution >= 0.6 is 11.3 Å². The Balaban J connectivity index is 1.39. The van der Waals surface area contributed by atoms with Crippen molar-refractivity contribution in [3.63, 3.8) is 0 Å². The van der Waals surface area contributed by atoms with E-state index in [4.69, 9.17) is 4.98 Å². The van der Waals surface area contributed by atoms with Crippen molar-refractivity contribution in [2.24, 2.45) is 0 Å². The average molecular weight is 379 g/mol. The smallest absolute Gasteiger partial charge is 0.255 e. The lowest BCUT2D eigenvalue weighted by Gasteiger charge is -2.31. The number of pyridine rings is 2. The first kappa shape index (κ1) is 17.6. The van der Waals surface area contributed by atoms with Crippen molar-refractivity contribution >= 4 is 28.2 Å². The molecule has 1 amide bonds. The van der Waals surface area contributed by atoms with Gasteiger partial charge in [0.25, 0.3) is 5.91 Å². The molecule has 1 aliphatic heterocycles. The molecule has 1 fully saturated rings. The number of piperidine rings is 1. The van der Waals surface area contributed by atoms with Crippen LogP contribution in [-0.2, 0) is 0 Å². The van der Waals surface area contributed by atoms with Crippen LogP contribution in [0.5, 0.6) is 0 Å². The second-order valence-electron chi connectivity index (χ2n) is 6.66. The number of anilines is 2. The first-order chi connectivity index (χ1) is 13.2. The molecule has 4 rings (SSSR count). The van der Waals surface area contributed by atoms with Gasteiger partial charge in [-0.1, -0.05) is 6.07 Å². The first-order valence-corrected chi connectivity index (χ1v) is 9.86. The first-order valence-electron chi connectivity index (χ1n) is 9.05. The van der Waals surface area contributed by atoms with E-state index >= 15 is 0 Å². The molecule has 3 aromatic rings. The maximum atomic E-state index is 12.6. The number of aromatic nitrogens is 3. The number of thiazole rings is 1. The molecular formula is C20H21N5OS. The van der Waals surface area contributed by atoms with Gasteiger partial charge in [0, 0.05) is 48.2 Å². The third kappa shape index (κ3) is 4.14. The van der Waals surface area contributed by atoms with Crippen LogP contribution < -0.4 is 5.32 Å². The quantitative estimate of drug-likeness (QED) is 0.742. The highest BCUT2D eigenvalue weighted by atomic mass is 32.1. The van der Waals surface area contributed by atoms with E-state index in [0.29, 0.717) is 11.5 Å². The van der Waals surface area contributed by atoms with E-state index in [0.717, 1.165) is 42.6 Å². The maximum absolute atomic E-state index is 12.6. The lowest BCUT2D eigenvalue weighted by molar-refractivity contribution is 0.0711. The van der Waals surface area contributed by atoms with Crippen molar-refractivity contribution in [1.29, 1.82) is 0 Å². The van der Waals surface area contributed by atoms with Gasteiger partial charge in [0.2, 0.25) is 0 Å². The zero-order valence-electron chi connectivity index (χ0n) is 15.1. The van der Waals surface area contributed by atoms with Gasteiger partial charge in [0.05, 0.1) is 5.56 Å². The van der Waals surface area contributed by atoms with E-state index in [2.05, 4.69) is 21.4 Å². The summed E-state index contributed by atoms with van der Waals surface area (Å²) in [4.78, 5) is 28.8. The standard InChI is InChI=1S/C20H21N5OS/c1-14-12-22-20(27-14)24-18-6-2-5-17(23-18)15-7-10-25(11-8-15)19(26)16-4-3-9-21-13-16/h2-6,9,12-13,15H,7-8,10-11H2,1H3,(H,22,23,24). The van der Waals surface area contributed by atoms with E-state index in [1.165, 1.54) is 4.88 Å². The van der Waals surface area contributed by atoms with E-state index in [9.17, 15) is 4.79 Å². The zero-order chi connectivity index (χ0) is 18.6. The summed E-state index contributed by atoms with van der Waals surface area (Å²) >= 11 is 1.61. The van der Waals surface area contributed by atoms with E-state index in [-0.39, 0.29) is 5.91 Å². The average Bonchev–Trinajstić information content (AvgIpc) is 3.13. The summed E-state index contributed by atoms with van der Waals surface area (Å²) < 4.78 is 0. The molecule has 3 aromatic heterocycles.